The third-order valence-electron chi connectivity index (χ3n) is 3.11. The third kappa shape index (κ3) is 2.50. The first-order valence-corrected chi connectivity index (χ1v) is 6.25. The molecule has 1 aromatic heterocycles. The average Bonchev–Trinajstić information content (AvgIpc) is 2.91. The van der Waals surface area contributed by atoms with Crippen molar-refractivity contribution >= 4 is 5.69 Å². The number of hydrogen-bond donors (Lipinski definition) is 1. The van der Waals surface area contributed by atoms with Crippen LogP contribution in [0.3, 0.4) is 0 Å². The van der Waals surface area contributed by atoms with Gasteiger partial charge in [0.2, 0.25) is 0 Å². The van der Waals surface area contributed by atoms with Crippen LogP contribution >= 0.6 is 0 Å². The van der Waals surface area contributed by atoms with Crippen molar-refractivity contribution in [2.45, 2.75) is 6.42 Å². The molecule has 2 aromatic carbocycles. The fraction of sp³-hybridized carbons (Fsp3) is 0.0625. The van der Waals surface area contributed by atoms with E-state index in [1.165, 1.54) is 0 Å². The van der Waals surface area contributed by atoms with Crippen LogP contribution in [0.4, 0.5) is 5.69 Å². The molecular weight excluding hydrogens is 234 g/mol. The first-order valence-electron chi connectivity index (χ1n) is 6.25. The molecule has 0 fully saturated rings. The van der Waals surface area contributed by atoms with E-state index in [2.05, 4.69) is 11.2 Å². The summed E-state index contributed by atoms with van der Waals surface area (Å²) in [5.74, 6) is 0. The van der Waals surface area contributed by atoms with E-state index in [1.807, 2.05) is 65.6 Å². The topological polar surface area (TPSA) is 43.8 Å². The van der Waals surface area contributed by atoms with E-state index < -0.39 is 0 Å². The van der Waals surface area contributed by atoms with Crippen molar-refractivity contribution in [2.75, 3.05) is 5.73 Å². The van der Waals surface area contributed by atoms with Crippen molar-refractivity contribution in [1.82, 2.24) is 9.78 Å². The highest BCUT2D eigenvalue weighted by Gasteiger charge is 2.03. The molecule has 0 saturated carbocycles. The summed E-state index contributed by atoms with van der Waals surface area (Å²) in [6.45, 7) is 0. The number of nitrogens with zero attached hydrogens (tertiary/aromatic N) is 2. The Balaban J connectivity index is 1.85. The summed E-state index contributed by atoms with van der Waals surface area (Å²) >= 11 is 0. The van der Waals surface area contributed by atoms with E-state index in [4.69, 9.17) is 5.73 Å². The second-order valence-corrected chi connectivity index (χ2v) is 4.50. The number of para-hydroxylation sites is 2. The van der Waals surface area contributed by atoms with Gasteiger partial charge in [0.1, 0.15) is 0 Å². The smallest absolute Gasteiger partial charge is 0.0645 e. The van der Waals surface area contributed by atoms with E-state index in [9.17, 15) is 0 Å². The molecule has 3 aromatic rings. The second-order valence-electron chi connectivity index (χ2n) is 4.50. The molecule has 94 valence electrons. The molecule has 0 saturated heterocycles. The molecule has 2 N–H and O–H groups in total. The zero-order valence-corrected chi connectivity index (χ0v) is 10.5. The molecule has 0 spiro atoms. The van der Waals surface area contributed by atoms with Crippen molar-refractivity contribution in [1.29, 1.82) is 0 Å². The lowest BCUT2D eigenvalue weighted by atomic mass is 10.1. The predicted molar refractivity (Wildman–Crippen MR) is 77.2 cm³/mol. The van der Waals surface area contributed by atoms with Crippen LogP contribution in [-0.2, 0) is 6.42 Å². The molecule has 3 nitrogen and oxygen atoms in total. The number of aromatic nitrogens is 2. The van der Waals surface area contributed by atoms with Crippen molar-refractivity contribution in [3.63, 3.8) is 0 Å². The first-order chi connectivity index (χ1) is 9.33. The highest BCUT2D eigenvalue weighted by Crippen LogP contribution is 2.16. The molecule has 0 aliphatic rings. The summed E-state index contributed by atoms with van der Waals surface area (Å²) < 4.78 is 1.88. The van der Waals surface area contributed by atoms with Gasteiger partial charge in [0.25, 0.3) is 0 Å². The second kappa shape index (κ2) is 4.98. The molecule has 1 heterocycles. The molecule has 0 atom stereocenters. The number of rotatable bonds is 3. The van der Waals surface area contributed by atoms with Gasteiger partial charge < -0.3 is 5.73 Å². The maximum Gasteiger partial charge on any atom is 0.0645 e. The Bertz CT molecular complexity index is 671. The van der Waals surface area contributed by atoms with Crippen LogP contribution in [-0.4, -0.2) is 9.78 Å². The van der Waals surface area contributed by atoms with Gasteiger partial charge in [0.15, 0.2) is 0 Å². The Hall–Kier alpha value is -2.55. The quantitative estimate of drug-likeness (QED) is 0.725. The summed E-state index contributed by atoms with van der Waals surface area (Å²) in [5.41, 5.74) is 10.1. The summed E-state index contributed by atoms with van der Waals surface area (Å²) in [5, 5.41) is 4.39. The van der Waals surface area contributed by atoms with Crippen LogP contribution < -0.4 is 5.73 Å². The first kappa shape index (κ1) is 11.5. The number of nitrogen functional groups attached to an aromatic ring is 1. The molecule has 3 heteroatoms. The van der Waals surface area contributed by atoms with Gasteiger partial charge in [-0.1, -0.05) is 36.4 Å². The van der Waals surface area contributed by atoms with Crippen molar-refractivity contribution in [3.05, 3.63) is 78.1 Å². The third-order valence-corrected chi connectivity index (χ3v) is 3.11. The number of nitrogens with two attached hydrogens (primary N) is 1. The van der Waals surface area contributed by atoms with Gasteiger partial charge >= 0.3 is 0 Å². The maximum atomic E-state index is 5.96. The van der Waals surface area contributed by atoms with Crippen LogP contribution in [0.2, 0.25) is 0 Å². The lowest BCUT2D eigenvalue weighted by molar-refractivity contribution is 0.880. The monoisotopic (exact) mass is 249 g/mol. The zero-order chi connectivity index (χ0) is 13.1. The van der Waals surface area contributed by atoms with Gasteiger partial charge in [0, 0.05) is 18.3 Å². The molecule has 0 unspecified atom stereocenters. The largest absolute Gasteiger partial charge is 0.398 e. The fourth-order valence-corrected chi connectivity index (χ4v) is 2.09. The van der Waals surface area contributed by atoms with E-state index in [-0.39, 0.29) is 0 Å². The fourth-order valence-electron chi connectivity index (χ4n) is 2.09. The molecule has 0 aliphatic carbocycles. The lowest BCUT2D eigenvalue weighted by Crippen LogP contribution is -1.95. The Labute approximate surface area is 112 Å². The Kier molecular flexibility index (Phi) is 3.02. The zero-order valence-electron chi connectivity index (χ0n) is 10.5. The summed E-state index contributed by atoms with van der Waals surface area (Å²) in [7, 11) is 0. The van der Waals surface area contributed by atoms with Crippen LogP contribution in [0.5, 0.6) is 0 Å². The van der Waals surface area contributed by atoms with Crippen LogP contribution in [0.1, 0.15) is 11.1 Å². The highest BCUT2D eigenvalue weighted by atomic mass is 15.3. The molecule has 0 radical (unpaired) electrons. The molecular formula is C16H15N3. The molecule has 3 rings (SSSR count). The molecule has 19 heavy (non-hydrogen) atoms. The number of anilines is 1. The van der Waals surface area contributed by atoms with Crippen molar-refractivity contribution < 1.29 is 0 Å². The summed E-state index contributed by atoms with van der Waals surface area (Å²) in [6, 6.07) is 18.0. The Morgan fingerprint density at radius 1 is 0.947 bits per heavy atom. The van der Waals surface area contributed by atoms with Crippen molar-refractivity contribution in [2.24, 2.45) is 0 Å². The predicted octanol–water partition coefficient (Wildman–Crippen LogP) is 3.05. The highest BCUT2D eigenvalue weighted by molar-refractivity contribution is 5.48. The van der Waals surface area contributed by atoms with Gasteiger partial charge in [0.05, 0.1) is 11.9 Å². The minimum atomic E-state index is 0.805. The van der Waals surface area contributed by atoms with Crippen LogP contribution in [0.25, 0.3) is 5.69 Å². The van der Waals surface area contributed by atoms with Crippen LogP contribution in [0.15, 0.2) is 67.0 Å². The maximum absolute atomic E-state index is 5.96. The minimum absolute atomic E-state index is 0.805. The van der Waals surface area contributed by atoms with Gasteiger partial charge in [-0.2, -0.15) is 5.10 Å². The molecule has 0 bridgehead atoms. The molecule has 0 amide bonds. The van der Waals surface area contributed by atoms with Gasteiger partial charge in [-0.25, -0.2) is 4.68 Å². The summed E-state index contributed by atoms with van der Waals surface area (Å²) in [6.07, 6.45) is 4.74. The average molecular weight is 249 g/mol. The lowest BCUT2D eigenvalue weighted by Gasteiger charge is -2.03. The standard InChI is InChI=1S/C16H15N3/c17-16-9-5-4-6-14(16)10-13-11-18-19(12-13)15-7-2-1-3-8-15/h1-9,11-12H,10,17H2. The van der Waals surface area contributed by atoms with Crippen molar-refractivity contribution in [3.8, 4) is 5.69 Å². The normalized spacial score (nSPS) is 10.5. The Morgan fingerprint density at radius 3 is 2.47 bits per heavy atom. The minimum Gasteiger partial charge on any atom is -0.398 e. The van der Waals surface area contributed by atoms with E-state index in [0.29, 0.717) is 0 Å². The number of hydrogen-bond acceptors (Lipinski definition) is 2. The van der Waals surface area contributed by atoms with Crippen LogP contribution in [0, 0.1) is 0 Å². The van der Waals surface area contributed by atoms with Gasteiger partial charge in [-0.3, -0.25) is 0 Å². The van der Waals surface area contributed by atoms with Gasteiger partial charge in [-0.05, 0) is 29.3 Å². The van der Waals surface area contributed by atoms with E-state index in [1.54, 1.807) is 0 Å². The Morgan fingerprint density at radius 2 is 1.68 bits per heavy atom. The van der Waals surface area contributed by atoms with E-state index >= 15 is 0 Å². The number of benzene rings is 2. The summed E-state index contributed by atoms with van der Waals surface area (Å²) in [4.78, 5) is 0. The van der Waals surface area contributed by atoms with Gasteiger partial charge in [-0.15, -0.1) is 0 Å². The molecule has 0 aliphatic heterocycles. The SMILES string of the molecule is Nc1ccccc1Cc1cnn(-c2ccccc2)c1. The van der Waals surface area contributed by atoms with E-state index in [0.717, 1.165) is 28.9 Å².